The van der Waals surface area contributed by atoms with Crippen LogP contribution in [0.3, 0.4) is 0 Å². The fourth-order valence-corrected chi connectivity index (χ4v) is 3.22. The number of hydrogen-bond acceptors (Lipinski definition) is 3. The largest absolute Gasteiger partial charge is 0.496 e. The number of ether oxygens (including phenoxy) is 1. The van der Waals surface area contributed by atoms with E-state index in [2.05, 4.69) is 42.4 Å². The summed E-state index contributed by atoms with van der Waals surface area (Å²) in [6, 6.07) is 7.32. The first kappa shape index (κ1) is 16.3. The molecule has 0 aliphatic heterocycles. The molecule has 2 rings (SSSR count). The number of rotatable bonds is 8. The molecule has 0 aromatic heterocycles. The molecule has 0 radical (unpaired) electrons. The summed E-state index contributed by atoms with van der Waals surface area (Å²) in [7, 11) is 4.01. The van der Waals surface area contributed by atoms with Crippen molar-refractivity contribution in [3.8, 4) is 5.75 Å². The fraction of sp³-hybridized carbons (Fsp3) is 0.667. The van der Waals surface area contributed by atoms with Crippen molar-refractivity contribution in [2.75, 3.05) is 20.7 Å². The van der Waals surface area contributed by atoms with Crippen LogP contribution in [0.25, 0.3) is 0 Å². The summed E-state index contributed by atoms with van der Waals surface area (Å²) in [4.78, 5) is 2.49. The van der Waals surface area contributed by atoms with E-state index >= 15 is 0 Å². The van der Waals surface area contributed by atoms with E-state index < -0.39 is 0 Å². The first-order chi connectivity index (χ1) is 10.2. The number of hydrogen-bond donors (Lipinski definition) is 1. The van der Waals surface area contributed by atoms with Crippen molar-refractivity contribution in [2.45, 2.75) is 58.2 Å². The Morgan fingerprint density at radius 3 is 2.71 bits per heavy atom. The van der Waals surface area contributed by atoms with Crippen LogP contribution in [-0.2, 0) is 13.1 Å². The number of nitrogens with zero attached hydrogens (tertiary/aromatic N) is 1. The Morgan fingerprint density at radius 1 is 1.29 bits per heavy atom. The lowest BCUT2D eigenvalue weighted by Crippen LogP contribution is -2.28. The Bertz CT molecular complexity index is 427. The van der Waals surface area contributed by atoms with Crippen LogP contribution in [0.1, 0.15) is 50.2 Å². The maximum Gasteiger partial charge on any atom is 0.123 e. The van der Waals surface area contributed by atoms with Gasteiger partial charge in [0.05, 0.1) is 7.11 Å². The van der Waals surface area contributed by atoms with Crippen LogP contribution in [0.15, 0.2) is 18.2 Å². The van der Waals surface area contributed by atoms with Gasteiger partial charge in [-0.15, -0.1) is 0 Å². The quantitative estimate of drug-likeness (QED) is 0.741. The number of benzene rings is 1. The van der Waals surface area contributed by atoms with Crippen LogP contribution in [0.2, 0.25) is 0 Å². The van der Waals surface area contributed by atoms with E-state index in [1.165, 1.54) is 43.2 Å². The minimum atomic E-state index is 0.747. The second kappa shape index (κ2) is 8.40. The second-order valence-corrected chi connectivity index (χ2v) is 6.18. The third kappa shape index (κ3) is 4.72. The van der Waals surface area contributed by atoms with Crippen molar-refractivity contribution in [2.24, 2.45) is 0 Å². The van der Waals surface area contributed by atoms with Gasteiger partial charge >= 0.3 is 0 Å². The van der Waals surface area contributed by atoms with Gasteiger partial charge in [-0.1, -0.05) is 25.8 Å². The minimum absolute atomic E-state index is 0.747. The zero-order valence-electron chi connectivity index (χ0n) is 13.8. The van der Waals surface area contributed by atoms with Crippen molar-refractivity contribution >= 4 is 0 Å². The molecule has 1 aliphatic rings. The first-order valence-electron chi connectivity index (χ1n) is 8.31. The van der Waals surface area contributed by atoms with Crippen LogP contribution in [0.5, 0.6) is 5.75 Å². The summed E-state index contributed by atoms with van der Waals surface area (Å²) in [6.45, 7) is 5.19. The lowest BCUT2D eigenvalue weighted by Gasteiger charge is -2.25. The van der Waals surface area contributed by atoms with Gasteiger partial charge < -0.3 is 10.1 Å². The molecule has 0 saturated heterocycles. The monoisotopic (exact) mass is 290 g/mol. The SMILES string of the molecule is CCCNCc1ccc(OC)c(CN(C)C2CCCC2)c1. The Kier molecular flexibility index (Phi) is 6.52. The van der Waals surface area contributed by atoms with Gasteiger partial charge in [0.15, 0.2) is 0 Å². The van der Waals surface area contributed by atoms with E-state index in [-0.39, 0.29) is 0 Å². The van der Waals surface area contributed by atoms with Gasteiger partial charge in [-0.2, -0.15) is 0 Å². The Hall–Kier alpha value is -1.06. The average molecular weight is 290 g/mol. The third-order valence-corrected chi connectivity index (χ3v) is 4.47. The predicted octanol–water partition coefficient (Wildman–Crippen LogP) is 3.57. The van der Waals surface area contributed by atoms with Crippen LogP contribution >= 0.6 is 0 Å². The Labute approximate surface area is 129 Å². The second-order valence-electron chi connectivity index (χ2n) is 6.18. The van der Waals surface area contributed by atoms with E-state index in [9.17, 15) is 0 Å². The molecule has 1 aromatic carbocycles. The van der Waals surface area contributed by atoms with E-state index in [1.54, 1.807) is 7.11 Å². The summed E-state index contributed by atoms with van der Waals surface area (Å²) in [5.41, 5.74) is 2.65. The summed E-state index contributed by atoms with van der Waals surface area (Å²) in [5.74, 6) is 1.01. The summed E-state index contributed by atoms with van der Waals surface area (Å²) < 4.78 is 5.54. The summed E-state index contributed by atoms with van der Waals surface area (Å²) >= 11 is 0. The fourth-order valence-electron chi connectivity index (χ4n) is 3.22. The molecule has 21 heavy (non-hydrogen) atoms. The predicted molar refractivity (Wildman–Crippen MR) is 88.7 cm³/mol. The van der Waals surface area contributed by atoms with Crippen molar-refractivity contribution in [1.82, 2.24) is 10.2 Å². The highest BCUT2D eigenvalue weighted by molar-refractivity contribution is 5.37. The molecule has 0 spiro atoms. The van der Waals surface area contributed by atoms with Crippen molar-refractivity contribution < 1.29 is 4.74 Å². The number of methoxy groups -OCH3 is 1. The molecule has 0 unspecified atom stereocenters. The smallest absolute Gasteiger partial charge is 0.123 e. The summed E-state index contributed by atoms with van der Waals surface area (Å²) in [6.07, 6.45) is 6.63. The molecule has 3 heteroatoms. The lowest BCUT2D eigenvalue weighted by molar-refractivity contribution is 0.234. The molecular formula is C18H30N2O. The van der Waals surface area contributed by atoms with Gasteiger partial charge in [-0.3, -0.25) is 4.90 Å². The number of nitrogens with one attached hydrogen (secondary N) is 1. The third-order valence-electron chi connectivity index (χ3n) is 4.47. The first-order valence-corrected chi connectivity index (χ1v) is 8.31. The summed E-state index contributed by atoms with van der Waals surface area (Å²) in [5, 5.41) is 3.47. The van der Waals surface area contributed by atoms with Crippen LogP contribution in [0.4, 0.5) is 0 Å². The molecule has 1 fully saturated rings. The minimum Gasteiger partial charge on any atom is -0.496 e. The highest BCUT2D eigenvalue weighted by atomic mass is 16.5. The molecule has 1 N–H and O–H groups in total. The molecule has 118 valence electrons. The lowest BCUT2D eigenvalue weighted by atomic mass is 10.1. The maximum absolute atomic E-state index is 5.54. The Balaban J connectivity index is 2.02. The zero-order valence-corrected chi connectivity index (χ0v) is 13.8. The van der Waals surface area contributed by atoms with Gasteiger partial charge in [0.2, 0.25) is 0 Å². The van der Waals surface area contributed by atoms with Crippen molar-refractivity contribution in [1.29, 1.82) is 0 Å². The molecule has 0 bridgehead atoms. The van der Waals surface area contributed by atoms with Gasteiger partial charge in [-0.05, 0) is 50.6 Å². The molecule has 0 heterocycles. The topological polar surface area (TPSA) is 24.5 Å². The van der Waals surface area contributed by atoms with Gasteiger partial charge in [0.1, 0.15) is 5.75 Å². The molecule has 1 aromatic rings. The maximum atomic E-state index is 5.54. The highest BCUT2D eigenvalue weighted by Crippen LogP contribution is 2.27. The Morgan fingerprint density at radius 2 is 2.05 bits per heavy atom. The van der Waals surface area contributed by atoms with Crippen LogP contribution in [-0.4, -0.2) is 31.6 Å². The average Bonchev–Trinajstić information content (AvgIpc) is 3.02. The zero-order chi connectivity index (χ0) is 15.1. The van der Waals surface area contributed by atoms with Crippen LogP contribution in [0, 0.1) is 0 Å². The normalized spacial score (nSPS) is 15.8. The van der Waals surface area contributed by atoms with Gasteiger partial charge in [0.25, 0.3) is 0 Å². The van der Waals surface area contributed by atoms with E-state index in [1.807, 2.05) is 0 Å². The molecule has 0 atom stereocenters. The molecule has 1 saturated carbocycles. The molecule has 0 amide bonds. The van der Waals surface area contributed by atoms with Gasteiger partial charge in [-0.25, -0.2) is 0 Å². The van der Waals surface area contributed by atoms with Crippen molar-refractivity contribution in [3.63, 3.8) is 0 Å². The van der Waals surface area contributed by atoms with Crippen LogP contribution < -0.4 is 10.1 Å². The molecule has 1 aliphatic carbocycles. The van der Waals surface area contributed by atoms with Gasteiger partial charge in [0, 0.05) is 24.7 Å². The highest BCUT2D eigenvalue weighted by Gasteiger charge is 2.20. The molecule has 3 nitrogen and oxygen atoms in total. The molecular weight excluding hydrogens is 260 g/mol. The van der Waals surface area contributed by atoms with Crippen molar-refractivity contribution in [3.05, 3.63) is 29.3 Å². The van der Waals surface area contributed by atoms with E-state index in [0.717, 1.165) is 31.4 Å². The standard InChI is InChI=1S/C18H30N2O/c1-4-11-19-13-15-9-10-18(21-3)16(12-15)14-20(2)17-7-5-6-8-17/h9-10,12,17,19H,4-8,11,13-14H2,1-3H3. The van der Waals surface area contributed by atoms with E-state index in [4.69, 9.17) is 4.74 Å². The van der Waals surface area contributed by atoms with E-state index in [0.29, 0.717) is 0 Å².